The van der Waals surface area contributed by atoms with Crippen LogP contribution in [0.25, 0.3) is 11.1 Å². The third-order valence-corrected chi connectivity index (χ3v) is 5.97. The molecular weight excluding hydrogens is 456 g/mol. The van der Waals surface area contributed by atoms with Crippen molar-refractivity contribution in [3.63, 3.8) is 0 Å². The van der Waals surface area contributed by atoms with E-state index in [0.717, 1.165) is 28.0 Å². The lowest BCUT2D eigenvalue weighted by Crippen LogP contribution is -2.27. The Hall–Kier alpha value is -2.39. The van der Waals surface area contributed by atoms with Crippen molar-refractivity contribution >= 4 is 26.6 Å². The van der Waals surface area contributed by atoms with E-state index in [1.54, 1.807) is 13.1 Å². The van der Waals surface area contributed by atoms with Crippen LogP contribution in [0.2, 0.25) is 0 Å². The van der Waals surface area contributed by atoms with E-state index >= 15 is 0 Å². The monoisotopic (exact) mass is 503 g/mol. The summed E-state index contributed by atoms with van der Waals surface area (Å²) in [5.74, 6) is 0.647. The smallest absolute Gasteiger partial charge is 0.206 e. The minimum absolute atomic E-state index is 0.208. The lowest BCUT2D eigenvalue weighted by Gasteiger charge is -2.33. The molecule has 1 saturated carbocycles. The van der Waals surface area contributed by atoms with Crippen molar-refractivity contribution < 1.29 is 9.18 Å². The molecule has 2 aromatic rings. The third-order valence-electron chi connectivity index (χ3n) is 5.63. The Bertz CT molecular complexity index is 812. The van der Waals surface area contributed by atoms with Crippen LogP contribution in [0.1, 0.15) is 59.8 Å². The molecule has 2 aliphatic rings. The molecule has 2 aromatic carbocycles. The molecule has 4 rings (SSSR count). The van der Waals surface area contributed by atoms with Crippen LogP contribution in [0.5, 0.6) is 0 Å². The number of benzene rings is 2. The van der Waals surface area contributed by atoms with Gasteiger partial charge in [0.2, 0.25) is 6.41 Å². The normalized spacial score (nSPS) is 13.5. The van der Waals surface area contributed by atoms with Crippen molar-refractivity contribution in [2.75, 3.05) is 32.5 Å². The highest BCUT2D eigenvalue weighted by atomic mass is 31.0. The Kier molecular flexibility index (Phi) is 18.5. The molecule has 0 spiro atoms. The van der Waals surface area contributed by atoms with E-state index < -0.39 is 0 Å². The molecule has 6 heteroatoms. The Morgan fingerprint density at radius 2 is 1.51 bits per heavy atom. The summed E-state index contributed by atoms with van der Waals surface area (Å²) in [6.07, 6.45) is 7.61. The van der Waals surface area contributed by atoms with Crippen molar-refractivity contribution in [3.8, 4) is 11.1 Å². The van der Waals surface area contributed by atoms with Gasteiger partial charge in [0.05, 0.1) is 0 Å². The predicted molar refractivity (Wildman–Crippen MR) is 156 cm³/mol. The standard InChI is InChI=1S/C13H13FNP.C10H17N.C2H5NO.2C2H6/c1-15-12-4-2-9(3-5-12)10-6-11(14)8-13(16)7-10;1-9(10-5-4-6-10)11-7-2-3-8-11;1-3-2-4;2*1-2/h2-8,15H,16H2,1H3;10H,1-8H2;2H,1H3,(H,3,4);2*1-2H3. The minimum Gasteiger partial charge on any atom is -0.388 e. The lowest BCUT2D eigenvalue weighted by atomic mass is 9.83. The van der Waals surface area contributed by atoms with Crippen molar-refractivity contribution in [2.24, 2.45) is 5.92 Å². The maximum atomic E-state index is 13.2. The summed E-state index contributed by atoms with van der Waals surface area (Å²) in [7, 11) is 5.95. The van der Waals surface area contributed by atoms with Crippen LogP contribution in [0.3, 0.4) is 0 Å². The van der Waals surface area contributed by atoms with Crippen molar-refractivity contribution in [1.29, 1.82) is 0 Å². The zero-order valence-electron chi connectivity index (χ0n) is 22.7. The fraction of sp³-hybridized carbons (Fsp3) is 0.483. The third kappa shape index (κ3) is 12.2. The van der Waals surface area contributed by atoms with Gasteiger partial charge in [-0.05, 0) is 78.4 Å². The number of nitrogens with one attached hydrogen (secondary N) is 2. The average Bonchev–Trinajstić information content (AvgIpc) is 3.41. The zero-order valence-corrected chi connectivity index (χ0v) is 23.8. The number of nitrogens with zero attached hydrogens (tertiary/aromatic N) is 1. The summed E-state index contributed by atoms with van der Waals surface area (Å²) >= 11 is 0. The first-order valence-electron chi connectivity index (χ1n) is 12.9. The van der Waals surface area contributed by atoms with Gasteiger partial charge in [-0.15, -0.1) is 9.24 Å². The number of hydrogen-bond donors (Lipinski definition) is 2. The molecule has 1 aliphatic carbocycles. The number of amides is 1. The van der Waals surface area contributed by atoms with Gasteiger partial charge in [0, 0.05) is 38.6 Å². The molecule has 1 heterocycles. The number of halogens is 1. The summed E-state index contributed by atoms with van der Waals surface area (Å²) in [4.78, 5) is 11.6. The summed E-state index contributed by atoms with van der Waals surface area (Å²) < 4.78 is 13.2. The maximum Gasteiger partial charge on any atom is 0.206 e. The van der Waals surface area contributed by atoms with E-state index in [2.05, 4.69) is 31.4 Å². The van der Waals surface area contributed by atoms with Gasteiger partial charge in [-0.3, -0.25) is 4.79 Å². The number of allylic oxidation sites excluding steroid dienone is 1. The maximum absolute atomic E-state index is 13.2. The fourth-order valence-corrected chi connectivity index (χ4v) is 3.95. The van der Waals surface area contributed by atoms with Crippen molar-refractivity contribution in [2.45, 2.75) is 59.8 Å². The van der Waals surface area contributed by atoms with Crippen LogP contribution in [-0.2, 0) is 4.79 Å². The van der Waals surface area contributed by atoms with Gasteiger partial charge in [-0.1, -0.05) is 52.8 Å². The second-order valence-corrected chi connectivity index (χ2v) is 8.49. The van der Waals surface area contributed by atoms with Gasteiger partial charge in [0.1, 0.15) is 5.82 Å². The van der Waals surface area contributed by atoms with Gasteiger partial charge >= 0.3 is 0 Å². The van der Waals surface area contributed by atoms with Gasteiger partial charge in [-0.2, -0.15) is 0 Å². The number of carbonyl (C=O) groups is 1. The van der Waals surface area contributed by atoms with Crippen LogP contribution in [0, 0.1) is 11.7 Å². The molecule has 4 nitrogen and oxygen atoms in total. The van der Waals surface area contributed by atoms with Crippen molar-refractivity contribution in [1.82, 2.24) is 10.2 Å². The number of carbonyl (C=O) groups excluding carboxylic acids is 1. The van der Waals surface area contributed by atoms with Gasteiger partial charge in [0.15, 0.2) is 0 Å². The highest BCUT2D eigenvalue weighted by Crippen LogP contribution is 2.35. The average molecular weight is 504 g/mol. The Balaban J connectivity index is 0.000000528. The molecule has 1 aliphatic heterocycles. The number of likely N-dealkylation sites (tertiary alicyclic amines) is 1. The summed E-state index contributed by atoms with van der Waals surface area (Å²) in [5, 5.41) is 6.15. The lowest BCUT2D eigenvalue weighted by molar-refractivity contribution is -0.109. The van der Waals surface area contributed by atoms with Crippen LogP contribution >= 0.6 is 9.24 Å². The quantitative estimate of drug-likeness (QED) is 0.347. The van der Waals surface area contributed by atoms with Crippen LogP contribution < -0.4 is 15.9 Å². The van der Waals surface area contributed by atoms with E-state index in [1.165, 1.54) is 57.0 Å². The molecule has 2 N–H and O–H groups in total. The molecule has 0 bridgehead atoms. The summed E-state index contributed by atoms with van der Waals surface area (Å²) in [6.45, 7) is 14.7. The first kappa shape index (κ1) is 32.6. The zero-order chi connectivity index (χ0) is 26.6. The first-order chi connectivity index (χ1) is 17.0. The molecule has 1 atom stereocenters. The molecule has 0 radical (unpaired) electrons. The van der Waals surface area contributed by atoms with E-state index in [0.29, 0.717) is 6.41 Å². The fourth-order valence-electron chi connectivity index (χ4n) is 3.61. The predicted octanol–water partition coefficient (Wildman–Crippen LogP) is 6.85. The molecule has 1 saturated heterocycles. The molecule has 2 fully saturated rings. The second-order valence-electron chi connectivity index (χ2n) is 7.82. The Labute approximate surface area is 216 Å². The number of rotatable bonds is 5. The van der Waals surface area contributed by atoms with E-state index in [9.17, 15) is 4.39 Å². The highest BCUT2D eigenvalue weighted by molar-refractivity contribution is 7.27. The molecule has 0 aromatic heterocycles. The van der Waals surface area contributed by atoms with E-state index in [4.69, 9.17) is 4.79 Å². The SMILES string of the molecule is C=C(C1CCC1)N1CCCC1.CC.CC.CNC=O.CNc1ccc(-c2cc(F)cc(P)c2)cc1. The second kappa shape index (κ2) is 19.9. The van der Waals surface area contributed by atoms with E-state index in [1.807, 2.05) is 65.1 Å². The van der Waals surface area contributed by atoms with Crippen LogP contribution in [0.15, 0.2) is 54.7 Å². The minimum atomic E-state index is -0.208. The van der Waals surface area contributed by atoms with Gasteiger partial charge in [-0.25, -0.2) is 4.39 Å². The molecular formula is C29H47FN3OP. The summed E-state index contributed by atoms with van der Waals surface area (Å²) in [5.41, 5.74) is 4.40. The number of anilines is 1. The molecule has 1 amide bonds. The molecule has 196 valence electrons. The molecule has 1 unspecified atom stereocenters. The van der Waals surface area contributed by atoms with E-state index in [-0.39, 0.29) is 5.82 Å². The highest BCUT2D eigenvalue weighted by Gasteiger charge is 2.25. The number of hydrogen-bond acceptors (Lipinski definition) is 3. The van der Waals surface area contributed by atoms with Gasteiger partial charge < -0.3 is 15.5 Å². The Morgan fingerprint density at radius 1 is 0.971 bits per heavy atom. The van der Waals surface area contributed by atoms with Gasteiger partial charge in [0.25, 0.3) is 0 Å². The van der Waals surface area contributed by atoms with Crippen LogP contribution in [0.4, 0.5) is 10.1 Å². The summed E-state index contributed by atoms with van der Waals surface area (Å²) in [6, 6.07) is 12.9. The van der Waals surface area contributed by atoms with Crippen LogP contribution in [-0.4, -0.2) is 38.5 Å². The Morgan fingerprint density at radius 3 is 1.91 bits per heavy atom. The first-order valence-corrected chi connectivity index (χ1v) is 13.4. The van der Waals surface area contributed by atoms with Crippen molar-refractivity contribution in [3.05, 3.63) is 60.6 Å². The largest absolute Gasteiger partial charge is 0.388 e. The topological polar surface area (TPSA) is 44.4 Å². The molecule has 35 heavy (non-hydrogen) atoms.